The average Bonchev–Trinajstić information content (AvgIpc) is 2.15. The second-order valence-corrected chi connectivity index (χ2v) is 4.50. The molecule has 0 aliphatic carbocycles. The number of nitrogens with one attached hydrogen (secondary N) is 1. The lowest BCUT2D eigenvalue weighted by Crippen LogP contribution is -2.29. The number of carboxylic acid groups (broad SMARTS) is 1. The van der Waals surface area contributed by atoms with Crippen LogP contribution in [0.5, 0.6) is 0 Å². The lowest BCUT2D eigenvalue weighted by molar-refractivity contribution is -0.134. The molecule has 1 aromatic rings. The van der Waals surface area contributed by atoms with Crippen molar-refractivity contribution >= 4 is 16.0 Å². The van der Waals surface area contributed by atoms with E-state index in [1.807, 2.05) is 0 Å². The molecule has 0 saturated carbocycles. The first-order chi connectivity index (χ1) is 6.99. The molecule has 1 aromatic heterocycles. The van der Waals surface area contributed by atoms with Crippen molar-refractivity contribution in [3.05, 3.63) is 24.0 Å². The number of nitrogens with zero attached hydrogens (tertiary/aromatic N) is 2. The summed E-state index contributed by atoms with van der Waals surface area (Å²) in [5.41, 5.74) is 0.423. The van der Waals surface area contributed by atoms with E-state index in [4.69, 9.17) is 5.11 Å². The Morgan fingerprint density at radius 3 is 2.80 bits per heavy atom. The fourth-order valence-corrected chi connectivity index (χ4v) is 1.62. The number of carbonyl (C=O) groups is 1. The Bertz CT molecular complexity index is 431. The topological polar surface area (TPSA) is 109 Å². The zero-order valence-corrected chi connectivity index (χ0v) is 8.44. The van der Waals surface area contributed by atoms with Gasteiger partial charge in [-0.05, 0) is 12.1 Å². The van der Waals surface area contributed by atoms with Gasteiger partial charge in [-0.1, -0.05) is 0 Å². The molecule has 1 heterocycles. The molecule has 0 aromatic carbocycles. The predicted molar refractivity (Wildman–Crippen MR) is 50.3 cm³/mol. The van der Waals surface area contributed by atoms with Crippen molar-refractivity contribution in [1.82, 2.24) is 14.9 Å². The maximum absolute atomic E-state index is 11.1. The van der Waals surface area contributed by atoms with Crippen LogP contribution in [-0.2, 0) is 21.4 Å². The molecule has 0 fully saturated rings. The van der Waals surface area contributed by atoms with E-state index >= 15 is 0 Å². The van der Waals surface area contributed by atoms with Crippen molar-refractivity contribution in [2.24, 2.45) is 0 Å². The number of hydrogen-bond donors (Lipinski definition) is 2. The molecule has 1 rings (SSSR count). The zero-order chi connectivity index (χ0) is 11.3. The van der Waals surface area contributed by atoms with Crippen LogP contribution in [-0.4, -0.2) is 35.4 Å². The number of aromatic nitrogens is 2. The molecule has 0 unspecified atom stereocenters. The van der Waals surface area contributed by atoms with Gasteiger partial charge in [0, 0.05) is 6.20 Å². The minimum absolute atomic E-state index is 0.0660. The highest BCUT2D eigenvalue weighted by atomic mass is 32.2. The molecular weight excluding hydrogens is 222 g/mol. The smallest absolute Gasteiger partial charge is 0.320 e. The minimum Gasteiger partial charge on any atom is -0.480 e. The van der Waals surface area contributed by atoms with Gasteiger partial charge in [0.05, 0.1) is 12.2 Å². The molecule has 0 aliphatic rings. The first-order valence-electron chi connectivity index (χ1n) is 3.95. The predicted octanol–water partition coefficient (Wildman–Crippen LogP) is -1.02. The van der Waals surface area contributed by atoms with Gasteiger partial charge in [0.25, 0.3) is 0 Å². The van der Waals surface area contributed by atoms with E-state index in [1.165, 1.54) is 6.20 Å². The first kappa shape index (κ1) is 11.5. The summed E-state index contributed by atoms with van der Waals surface area (Å²) in [6, 6.07) is 3.18. The van der Waals surface area contributed by atoms with Crippen LogP contribution in [0.1, 0.15) is 5.69 Å². The Labute approximate surface area is 86.2 Å². The third-order valence-corrected chi connectivity index (χ3v) is 2.63. The largest absolute Gasteiger partial charge is 0.480 e. The van der Waals surface area contributed by atoms with Crippen molar-refractivity contribution < 1.29 is 18.3 Å². The zero-order valence-electron chi connectivity index (χ0n) is 7.62. The summed E-state index contributed by atoms with van der Waals surface area (Å²) in [5.74, 6) is -2.35. The van der Waals surface area contributed by atoms with Crippen LogP contribution < -0.4 is 4.72 Å². The molecule has 7 nitrogen and oxygen atoms in total. The van der Waals surface area contributed by atoms with Gasteiger partial charge in [-0.25, -0.2) is 13.1 Å². The molecule has 0 aliphatic heterocycles. The van der Waals surface area contributed by atoms with E-state index in [1.54, 1.807) is 12.1 Å². The van der Waals surface area contributed by atoms with Gasteiger partial charge in [-0.2, -0.15) is 10.2 Å². The first-order valence-corrected chi connectivity index (χ1v) is 5.60. The molecule has 8 heteroatoms. The standard InChI is InChI=1S/C7H9N3O4S/c11-7(12)5-15(13,14)9-4-6-2-1-3-8-10-6/h1-3,9H,4-5H2,(H,11,12). The minimum atomic E-state index is -3.80. The molecular formula is C7H9N3O4S. The van der Waals surface area contributed by atoms with E-state index in [0.717, 1.165) is 0 Å². The van der Waals surface area contributed by atoms with Crippen LogP contribution in [0.3, 0.4) is 0 Å². The summed E-state index contributed by atoms with van der Waals surface area (Å²) < 4.78 is 24.2. The maximum Gasteiger partial charge on any atom is 0.320 e. The van der Waals surface area contributed by atoms with Gasteiger partial charge < -0.3 is 5.11 Å². The average molecular weight is 231 g/mol. The quantitative estimate of drug-likeness (QED) is 0.671. The van der Waals surface area contributed by atoms with Crippen LogP contribution >= 0.6 is 0 Å². The van der Waals surface area contributed by atoms with Gasteiger partial charge in [-0.15, -0.1) is 0 Å². The summed E-state index contributed by atoms with van der Waals surface area (Å²) in [7, 11) is -3.80. The lowest BCUT2D eigenvalue weighted by Gasteiger charge is -2.02. The molecule has 0 bridgehead atoms. The Morgan fingerprint density at radius 1 is 1.53 bits per heavy atom. The fourth-order valence-electron chi connectivity index (χ4n) is 0.825. The van der Waals surface area contributed by atoms with Crippen molar-refractivity contribution in [2.75, 3.05) is 5.75 Å². The second-order valence-electron chi connectivity index (χ2n) is 2.69. The molecule has 0 atom stereocenters. The molecule has 82 valence electrons. The van der Waals surface area contributed by atoms with Gasteiger partial charge >= 0.3 is 5.97 Å². The van der Waals surface area contributed by atoms with Crippen LogP contribution in [0, 0.1) is 0 Å². The normalized spacial score (nSPS) is 11.2. The summed E-state index contributed by atoms with van der Waals surface area (Å²) in [6.45, 7) is -0.0660. The third kappa shape index (κ3) is 4.47. The van der Waals surface area contributed by atoms with E-state index in [0.29, 0.717) is 5.69 Å². The highest BCUT2D eigenvalue weighted by Gasteiger charge is 2.14. The highest BCUT2D eigenvalue weighted by molar-refractivity contribution is 7.90. The van der Waals surface area contributed by atoms with Crippen LogP contribution in [0.2, 0.25) is 0 Å². The highest BCUT2D eigenvalue weighted by Crippen LogP contribution is 1.92. The van der Waals surface area contributed by atoms with Crippen molar-refractivity contribution in [2.45, 2.75) is 6.54 Å². The Morgan fingerprint density at radius 2 is 2.27 bits per heavy atom. The Kier molecular flexibility index (Phi) is 3.69. The van der Waals surface area contributed by atoms with E-state index in [9.17, 15) is 13.2 Å². The van der Waals surface area contributed by atoms with Gasteiger partial charge in [0.15, 0.2) is 5.75 Å². The summed E-state index contributed by atoms with van der Waals surface area (Å²) >= 11 is 0. The van der Waals surface area contributed by atoms with Gasteiger partial charge in [-0.3, -0.25) is 4.79 Å². The lowest BCUT2D eigenvalue weighted by atomic mass is 10.4. The van der Waals surface area contributed by atoms with Crippen molar-refractivity contribution in [3.63, 3.8) is 0 Å². The van der Waals surface area contributed by atoms with E-state index in [2.05, 4.69) is 14.9 Å². The molecule has 0 amide bonds. The molecule has 15 heavy (non-hydrogen) atoms. The van der Waals surface area contributed by atoms with Gasteiger partial charge in [0.1, 0.15) is 0 Å². The van der Waals surface area contributed by atoms with Crippen molar-refractivity contribution in [3.8, 4) is 0 Å². The molecule has 0 saturated heterocycles. The summed E-state index contributed by atoms with van der Waals surface area (Å²) in [5, 5.41) is 15.5. The number of carboxylic acids is 1. The Hall–Kier alpha value is -1.54. The van der Waals surface area contributed by atoms with Crippen LogP contribution in [0.15, 0.2) is 18.3 Å². The maximum atomic E-state index is 11.1. The van der Waals surface area contributed by atoms with Crippen LogP contribution in [0.4, 0.5) is 0 Å². The molecule has 0 radical (unpaired) electrons. The van der Waals surface area contributed by atoms with Gasteiger partial charge in [0.2, 0.25) is 10.0 Å². The fraction of sp³-hybridized carbons (Fsp3) is 0.286. The number of sulfonamides is 1. The SMILES string of the molecule is O=C(O)CS(=O)(=O)NCc1cccnn1. The summed E-state index contributed by atoms with van der Waals surface area (Å²) in [6.07, 6.45) is 1.45. The Balaban J connectivity index is 2.54. The van der Waals surface area contributed by atoms with Crippen LogP contribution in [0.25, 0.3) is 0 Å². The number of rotatable bonds is 5. The second kappa shape index (κ2) is 4.80. The third-order valence-electron chi connectivity index (χ3n) is 1.41. The molecule has 2 N–H and O–H groups in total. The summed E-state index contributed by atoms with van der Waals surface area (Å²) in [4.78, 5) is 10.2. The van der Waals surface area contributed by atoms with E-state index in [-0.39, 0.29) is 6.54 Å². The monoisotopic (exact) mass is 231 g/mol. The van der Waals surface area contributed by atoms with E-state index < -0.39 is 21.7 Å². The van der Waals surface area contributed by atoms with Crippen molar-refractivity contribution in [1.29, 1.82) is 0 Å². The number of hydrogen-bond acceptors (Lipinski definition) is 5. The number of aliphatic carboxylic acids is 1. The molecule has 0 spiro atoms.